The number of carbonyl (C=O) groups excluding carboxylic acids is 1. The summed E-state index contributed by atoms with van der Waals surface area (Å²) < 4.78 is 0. The molecule has 0 bridgehead atoms. The van der Waals surface area contributed by atoms with Crippen molar-refractivity contribution in [3.8, 4) is 0 Å². The number of imidazole rings is 1. The molecule has 1 aromatic carbocycles. The number of benzene rings is 1. The highest BCUT2D eigenvalue weighted by molar-refractivity contribution is 5.78. The van der Waals surface area contributed by atoms with Gasteiger partial charge in [0.1, 0.15) is 5.82 Å². The van der Waals surface area contributed by atoms with Gasteiger partial charge in [0.25, 0.3) is 0 Å². The Balaban J connectivity index is 1.95. The third-order valence-corrected chi connectivity index (χ3v) is 3.08. The number of nitrogens with one attached hydrogen (secondary N) is 2. The van der Waals surface area contributed by atoms with Gasteiger partial charge in [-0.15, -0.1) is 0 Å². The van der Waals surface area contributed by atoms with Crippen molar-refractivity contribution >= 4 is 5.91 Å². The van der Waals surface area contributed by atoms with Crippen LogP contribution in [0.5, 0.6) is 0 Å². The van der Waals surface area contributed by atoms with Gasteiger partial charge in [0.15, 0.2) is 0 Å². The number of hydrogen-bond donors (Lipinski definition) is 2. The first-order valence-electron chi connectivity index (χ1n) is 6.53. The van der Waals surface area contributed by atoms with Gasteiger partial charge < -0.3 is 10.3 Å². The van der Waals surface area contributed by atoms with Crippen molar-refractivity contribution in [3.63, 3.8) is 0 Å². The van der Waals surface area contributed by atoms with Crippen molar-refractivity contribution in [1.82, 2.24) is 15.3 Å². The zero-order valence-electron chi connectivity index (χ0n) is 11.3. The van der Waals surface area contributed by atoms with Crippen LogP contribution < -0.4 is 5.32 Å². The van der Waals surface area contributed by atoms with E-state index in [0.29, 0.717) is 6.42 Å². The highest BCUT2D eigenvalue weighted by atomic mass is 16.1. The summed E-state index contributed by atoms with van der Waals surface area (Å²) in [6.45, 7) is 4.06. The largest absolute Gasteiger partial charge is 0.347 e. The second-order valence-electron chi connectivity index (χ2n) is 4.67. The molecule has 2 N–H and O–H groups in total. The molecule has 4 heteroatoms. The van der Waals surface area contributed by atoms with E-state index < -0.39 is 0 Å². The van der Waals surface area contributed by atoms with E-state index in [0.717, 1.165) is 17.8 Å². The molecule has 0 radical (unpaired) electrons. The minimum Gasteiger partial charge on any atom is -0.347 e. The van der Waals surface area contributed by atoms with Crippen LogP contribution in [0.3, 0.4) is 0 Å². The van der Waals surface area contributed by atoms with Crippen LogP contribution in [-0.2, 0) is 11.2 Å². The molecule has 2 aromatic rings. The summed E-state index contributed by atoms with van der Waals surface area (Å²) in [5.74, 6) is 0.826. The van der Waals surface area contributed by atoms with Crippen molar-refractivity contribution in [2.75, 3.05) is 0 Å². The van der Waals surface area contributed by atoms with Gasteiger partial charge in [-0.1, -0.05) is 36.8 Å². The third-order valence-electron chi connectivity index (χ3n) is 3.08. The van der Waals surface area contributed by atoms with Crippen molar-refractivity contribution < 1.29 is 4.79 Å². The predicted octanol–water partition coefficient (Wildman–Crippen LogP) is 2.53. The minimum absolute atomic E-state index is 0.0205. The summed E-state index contributed by atoms with van der Waals surface area (Å²) in [6, 6.07) is 7.97. The Morgan fingerprint density at radius 1 is 1.37 bits per heavy atom. The van der Waals surface area contributed by atoms with Crippen LogP contribution in [0.15, 0.2) is 36.7 Å². The first-order chi connectivity index (χ1) is 9.19. The first-order valence-corrected chi connectivity index (χ1v) is 6.53. The molecule has 0 spiro atoms. The molecule has 0 aliphatic rings. The fourth-order valence-corrected chi connectivity index (χ4v) is 1.97. The molecule has 1 heterocycles. The van der Waals surface area contributed by atoms with Crippen LogP contribution in [0.25, 0.3) is 0 Å². The molecule has 0 saturated carbocycles. The van der Waals surface area contributed by atoms with Gasteiger partial charge in [0, 0.05) is 12.4 Å². The van der Waals surface area contributed by atoms with Crippen molar-refractivity contribution in [3.05, 3.63) is 53.6 Å². The topological polar surface area (TPSA) is 57.8 Å². The Labute approximate surface area is 113 Å². The number of amides is 1. The van der Waals surface area contributed by atoms with Gasteiger partial charge in [-0.25, -0.2) is 4.98 Å². The van der Waals surface area contributed by atoms with Crippen LogP contribution in [-0.4, -0.2) is 15.9 Å². The fraction of sp³-hybridized carbons (Fsp3) is 0.333. The van der Waals surface area contributed by atoms with E-state index in [1.807, 2.05) is 38.1 Å². The van der Waals surface area contributed by atoms with E-state index >= 15 is 0 Å². The highest BCUT2D eigenvalue weighted by Crippen LogP contribution is 2.12. The first kappa shape index (κ1) is 13.3. The lowest BCUT2D eigenvalue weighted by Gasteiger charge is -2.14. The number of aryl methyl sites for hydroxylation is 1. The average molecular weight is 257 g/mol. The molecule has 19 heavy (non-hydrogen) atoms. The molecule has 1 amide bonds. The zero-order valence-corrected chi connectivity index (χ0v) is 11.3. The summed E-state index contributed by atoms with van der Waals surface area (Å²) in [5.41, 5.74) is 2.23. The van der Waals surface area contributed by atoms with Crippen molar-refractivity contribution in [2.45, 2.75) is 32.7 Å². The number of H-pyrrole nitrogens is 1. The van der Waals surface area contributed by atoms with Gasteiger partial charge in [-0.05, 0) is 18.9 Å². The smallest absolute Gasteiger partial charge is 0.225 e. The van der Waals surface area contributed by atoms with E-state index in [4.69, 9.17) is 0 Å². The Kier molecular flexibility index (Phi) is 4.34. The van der Waals surface area contributed by atoms with Gasteiger partial charge in [0.05, 0.1) is 12.5 Å². The maximum absolute atomic E-state index is 12.0. The number of aromatic nitrogens is 2. The summed E-state index contributed by atoms with van der Waals surface area (Å²) >= 11 is 0. The van der Waals surface area contributed by atoms with Gasteiger partial charge in [-0.2, -0.15) is 0 Å². The molecule has 100 valence electrons. The number of nitrogens with zero attached hydrogens (tertiary/aromatic N) is 1. The van der Waals surface area contributed by atoms with Gasteiger partial charge >= 0.3 is 0 Å². The molecule has 1 atom stereocenters. The Bertz CT molecular complexity index is 517. The van der Waals surface area contributed by atoms with E-state index in [2.05, 4.69) is 15.3 Å². The molecule has 0 fully saturated rings. The Morgan fingerprint density at radius 2 is 2.11 bits per heavy atom. The second-order valence-corrected chi connectivity index (χ2v) is 4.67. The summed E-state index contributed by atoms with van der Waals surface area (Å²) in [7, 11) is 0. The maximum atomic E-state index is 12.0. The number of rotatable bonds is 5. The van der Waals surface area contributed by atoms with E-state index in [1.54, 1.807) is 12.4 Å². The summed E-state index contributed by atoms with van der Waals surface area (Å²) in [6.07, 6.45) is 4.68. The molecular formula is C15H19N3O. The minimum atomic E-state index is -0.0482. The molecule has 1 unspecified atom stereocenters. The SMILES string of the molecule is CCC(NC(=O)Cc1ccc(C)cc1)c1ncc[nH]1. The number of carbonyl (C=O) groups is 1. The second kappa shape index (κ2) is 6.18. The van der Waals surface area contributed by atoms with E-state index in [9.17, 15) is 4.79 Å². The molecule has 0 aliphatic carbocycles. The van der Waals surface area contributed by atoms with Crippen molar-refractivity contribution in [1.29, 1.82) is 0 Å². The normalized spacial score (nSPS) is 12.1. The van der Waals surface area contributed by atoms with Crippen LogP contribution in [0, 0.1) is 6.92 Å². The van der Waals surface area contributed by atoms with Crippen LogP contribution >= 0.6 is 0 Å². The van der Waals surface area contributed by atoms with Gasteiger partial charge in [0.2, 0.25) is 5.91 Å². The molecular weight excluding hydrogens is 238 g/mol. The lowest BCUT2D eigenvalue weighted by molar-refractivity contribution is -0.121. The molecule has 1 aromatic heterocycles. The highest BCUT2D eigenvalue weighted by Gasteiger charge is 2.14. The molecule has 2 rings (SSSR count). The maximum Gasteiger partial charge on any atom is 0.225 e. The van der Waals surface area contributed by atoms with E-state index in [1.165, 1.54) is 5.56 Å². The monoisotopic (exact) mass is 257 g/mol. The van der Waals surface area contributed by atoms with Crippen LogP contribution in [0.2, 0.25) is 0 Å². The van der Waals surface area contributed by atoms with Crippen molar-refractivity contribution in [2.24, 2.45) is 0 Å². The summed E-state index contributed by atoms with van der Waals surface area (Å²) in [4.78, 5) is 19.2. The predicted molar refractivity (Wildman–Crippen MR) is 74.6 cm³/mol. The van der Waals surface area contributed by atoms with Gasteiger partial charge in [-0.3, -0.25) is 4.79 Å². The lowest BCUT2D eigenvalue weighted by atomic mass is 10.1. The third kappa shape index (κ3) is 3.68. The zero-order chi connectivity index (χ0) is 13.7. The molecule has 4 nitrogen and oxygen atoms in total. The van der Waals surface area contributed by atoms with Crippen LogP contribution in [0.4, 0.5) is 0 Å². The quantitative estimate of drug-likeness (QED) is 0.864. The standard InChI is InChI=1S/C15H19N3O/c1-3-13(15-16-8-9-17-15)18-14(19)10-12-6-4-11(2)5-7-12/h4-9,13H,3,10H2,1-2H3,(H,16,17)(H,18,19). The fourth-order valence-electron chi connectivity index (χ4n) is 1.97. The molecule has 0 saturated heterocycles. The Hall–Kier alpha value is -2.10. The molecule has 0 aliphatic heterocycles. The summed E-state index contributed by atoms with van der Waals surface area (Å²) in [5, 5.41) is 3.00. The van der Waals surface area contributed by atoms with E-state index in [-0.39, 0.29) is 11.9 Å². The Morgan fingerprint density at radius 3 is 2.68 bits per heavy atom. The number of hydrogen-bond acceptors (Lipinski definition) is 2. The van der Waals surface area contributed by atoms with Crippen LogP contribution in [0.1, 0.15) is 36.3 Å². The lowest BCUT2D eigenvalue weighted by Crippen LogP contribution is -2.30. The average Bonchev–Trinajstić information content (AvgIpc) is 2.92. The number of aromatic amines is 1.